The van der Waals surface area contributed by atoms with Crippen LogP contribution in [0, 0.1) is 5.92 Å². The van der Waals surface area contributed by atoms with Crippen molar-refractivity contribution in [3.63, 3.8) is 0 Å². The quantitative estimate of drug-likeness (QED) is 0.796. The molecule has 6 heteroatoms. The van der Waals surface area contributed by atoms with E-state index in [9.17, 15) is 14.4 Å². The molecule has 1 aliphatic rings. The largest absolute Gasteiger partial charge is 0.326 e. The second-order valence-electron chi connectivity index (χ2n) is 6.00. The van der Waals surface area contributed by atoms with Gasteiger partial charge in [-0.25, -0.2) is 0 Å². The third kappa shape index (κ3) is 3.96. The first-order chi connectivity index (χ1) is 11.9. The fourth-order valence-corrected chi connectivity index (χ4v) is 3.05. The van der Waals surface area contributed by atoms with Gasteiger partial charge in [0, 0.05) is 34.4 Å². The fraction of sp³-hybridized carbons (Fsp3) is 0.211. The molecule has 5 nitrogen and oxygen atoms in total. The van der Waals surface area contributed by atoms with Crippen molar-refractivity contribution in [1.82, 2.24) is 0 Å². The zero-order valence-corrected chi connectivity index (χ0v) is 15.2. The lowest BCUT2D eigenvalue weighted by molar-refractivity contribution is -0.122. The van der Waals surface area contributed by atoms with Crippen molar-refractivity contribution in [2.24, 2.45) is 5.92 Å². The molecule has 0 bridgehead atoms. The summed E-state index contributed by atoms with van der Waals surface area (Å²) in [7, 11) is 0. The molecule has 2 aromatic rings. The van der Waals surface area contributed by atoms with Crippen LogP contribution in [0.5, 0.6) is 0 Å². The Hall–Kier alpha value is -2.47. The average Bonchev–Trinajstić information content (AvgIpc) is 2.98. The highest BCUT2D eigenvalue weighted by Gasteiger charge is 2.35. The predicted octanol–water partition coefficient (Wildman–Crippen LogP) is 3.64. The highest BCUT2D eigenvalue weighted by molar-refractivity contribution is 9.10. The Morgan fingerprint density at radius 3 is 2.32 bits per heavy atom. The van der Waals surface area contributed by atoms with E-state index in [1.54, 1.807) is 29.2 Å². The number of halogens is 1. The Bertz CT molecular complexity index is 816. The summed E-state index contributed by atoms with van der Waals surface area (Å²) in [5.74, 6) is -0.675. The molecule has 1 aliphatic heterocycles. The van der Waals surface area contributed by atoms with Crippen LogP contribution in [-0.2, 0) is 9.59 Å². The van der Waals surface area contributed by atoms with Gasteiger partial charge in [-0.05, 0) is 55.5 Å². The maximum absolute atomic E-state index is 12.4. The number of rotatable bonds is 4. The second kappa shape index (κ2) is 7.19. The average molecular weight is 401 g/mol. The molecule has 0 radical (unpaired) electrons. The van der Waals surface area contributed by atoms with Gasteiger partial charge in [-0.1, -0.05) is 15.9 Å². The number of anilines is 2. The van der Waals surface area contributed by atoms with Gasteiger partial charge in [-0.3, -0.25) is 14.4 Å². The van der Waals surface area contributed by atoms with E-state index < -0.39 is 5.92 Å². The topological polar surface area (TPSA) is 66.5 Å². The molecule has 1 saturated heterocycles. The maximum atomic E-state index is 12.4. The summed E-state index contributed by atoms with van der Waals surface area (Å²) in [6.07, 6.45) is 0.188. The number of carbonyl (C=O) groups is 3. The van der Waals surface area contributed by atoms with E-state index in [4.69, 9.17) is 0 Å². The monoisotopic (exact) mass is 400 g/mol. The molecule has 3 rings (SSSR count). The number of ketones is 1. The van der Waals surface area contributed by atoms with E-state index in [1.165, 1.54) is 6.92 Å². The standard InChI is InChI=1S/C19H17BrN2O3/c1-12(23)13-2-6-16(7-3-13)21-19(25)14-10-18(24)22(11-14)17-8-4-15(20)5-9-17/h2-9,14H,10-11H2,1H3,(H,21,25)/t14-/m0/s1. The van der Waals surface area contributed by atoms with Gasteiger partial charge in [-0.2, -0.15) is 0 Å². The molecular formula is C19H17BrN2O3. The third-order valence-electron chi connectivity index (χ3n) is 4.19. The van der Waals surface area contributed by atoms with E-state index in [2.05, 4.69) is 21.2 Å². The number of hydrogen-bond acceptors (Lipinski definition) is 3. The number of amides is 2. The van der Waals surface area contributed by atoms with Crippen LogP contribution in [0.1, 0.15) is 23.7 Å². The minimum Gasteiger partial charge on any atom is -0.326 e. The van der Waals surface area contributed by atoms with E-state index in [-0.39, 0.29) is 24.0 Å². The number of nitrogens with one attached hydrogen (secondary N) is 1. The van der Waals surface area contributed by atoms with Crippen molar-refractivity contribution in [3.8, 4) is 0 Å². The Labute approximate surface area is 154 Å². The summed E-state index contributed by atoms with van der Waals surface area (Å²) < 4.78 is 0.936. The van der Waals surface area contributed by atoms with Gasteiger partial charge in [0.25, 0.3) is 0 Å². The molecule has 0 saturated carbocycles. The van der Waals surface area contributed by atoms with E-state index in [1.807, 2.05) is 24.3 Å². The summed E-state index contributed by atoms with van der Waals surface area (Å²) in [4.78, 5) is 37.6. The molecule has 128 valence electrons. The van der Waals surface area contributed by atoms with Gasteiger partial charge in [0.05, 0.1) is 5.92 Å². The normalized spacial score (nSPS) is 16.8. The summed E-state index contributed by atoms with van der Waals surface area (Å²) in [6, 6.07) is 14.2. The molecule has 1 atom stereocenters. The van der Waals surface area contributed by atoms with Crippen LogP contribution in [0.4, 0.5) is 11.4 Å². The summed E-state index contributed by atoms with van der Waals surface area (Å²) >= 11 is 3.37. The molecule has 1 heterocycles. The summed E-state index contributed by atoms with van der Waals surface area (Å²) in [5.41, 5.74) is 1.99. The zero-order chi connectivity index (χ0) is 18.0. The number of carbonyl (C=O) groups excluding carboxylic acids is 3. The number of Topliss-reactive ketones (excluding diaryl/α,β-unsaturated/α-hetero) is 1. The van der Waals surface area contributed by atoms with Gasteiger partial charge in [0.1, 0.15) is 0 Å². The Kier molecular flexibility index (Phi) is 4.99. The Morgan fingerprint density at radius 1 is 1.08 bits per heavy atom. The van der Waals surface area contributed by atoms with Crippen molar-refractivity contribution in [1.29, 1.82) is 0 Å². The van der Waals surface area contributed by atoms with Crippen LogP contribution in [0.15, 0.2) is 53.0 Å². The van der Waals surface area contributed by atoms with Crippen LogP contribution in [0.2, 0.25) is 0 Å². The lowest BCUT2D eigenvalue weighted by atomic mass is 10.1. The van der Waals surface area contributed by atoms with E-state index in [0.29, 0.717) is 17.8 Å². The SMILES string of the molecule is CC(=O)c1ccc(NC(=O)[C@H]2CC(=O)N(c3ccc(Br)cc3)C2)cc1. The number of nitrogens with zero attached hydrogens (tertiary/aromatic N) is 1. The molecule has 1 fully saturated rings. The molecule has 0 aromatic heterocycles. The van der Waals surface area contributed by atoms with Crippen LogP contribution in [0.3, 0.4) is 0 Å². The first-order valence-electron chi connectivity index (χ1n) is 7.92. The summed E-state index contributed by atoms with van der Waals surface area (Å²) in [6.45, 7) is 1.85. The smallest absolute Gasteiger partial charge is 0.229 e. The maximum Gasteiger partial charge on any atom is 0.229 e. The van der Waals surface area contributed by atoms with Crippen molar-refractivity contribution in [2.45, 2.75) is 13.3 Å². The van der Waals surface area contributed by atoms with Gasteiger partial charge >= 0.3 is 0 Å². The van der Waals surface area contributed by atoms with Gasteiger partial charge < -0.3 is 10.2 Å². The minimum absolute atomic E-state index is 0.0237. The van der Waals surface area contributed by atoms with Crippen molar-refractivity contribution in [2.75, 3.05) is 16.8 Å². The van der Waals surface area contributed by atoms with E-state index in [0.717, 1.165) is 10.2 Å². The molecule has 0 spiro atoms. The van der Waals surface area contributed by atoms with Crippen molar-refractivity contribution >= 4 is 44.9 Å². The van der Waals surface area contributed by atoms with Gasteiger partial charge in [0.15, 0.2) is 5.78 Å². The molecule has 1 N–H and O–H groups in total. The second-order valence-corrected chi connectivity index (χ2v) is 6.92. The first kappa shape index (κ1) is 17.4. The van der Waals surface area contributed by atoms with Crippen LogP contribution >= 0.6 is 15.9 Å². The highest BCUT2D eigenvalue weighted by Crippen LogP contribution is 2.27. The van der Waals surface area contributed by atoms with Crippen LogP contribution in [0.25, 0.3) is 0 Å². The lowest BCUT2D eigenvalue weighted by Gasteiger charge is -2.16. The highest BCUT2D eigenvalue weighted by atomic mass is 79.9. The Morgan fingerprint density at radius 2 is 1.72 bits per heavy atom. The van der Waals surface area contributed by atoms with Crippen molar-refractivity contribution in [3.05, 3.63) is 58.6 Å². The fourth-order valence-electron chi connectivity index (χ4n) is 2.79. The molecule has 2 aromatic carbocycles. The summed E-state index contributed by atoms with van der Waals surface area (Å²) in [5, 5.41) is 2.82. The zero-order valence-electron chi connectivity index (χ0n) is 13.7. The molecule has 0 aliphatic carbocycles. The number of benzene rings is 2. The Balaban J connectivity index is 1.66. The van der Waals surface area contributed by atoms with Gasteiger partial charge in [0.2, 0.25) is 11.8 Å². The lowest BCUT2D eigenvalue weighted by Crippen LogP contribution is -2.28. The molecular weight excluding hydrogens is 384 g/mol. The van der Waals surface area contributed by atoms with E-state index >= 15 is 0 Å². The van der Waals surface area contributed by atoms with Crippen LogP contribution < -0.4 is 10.2 Å². The third-order valence-corrected chi connectivity index (χ3v) is 4.72. The minimum atomic E-state index is -0.399. The van der Waals surface area contributed by atoms with Crippen molar-refractivity contribution < 1.29 is 14.4 Å². The van der Waals surface area contributed by atoms with Crippen LogP contribution in [-0.4, -0.2) is 24.1 Å². The van der Waals surface area contributed by atoms with Gasteiger partial charge in [-0.15, -0.1) is 0 Å². The first-order valence-corrected chi connectivity index (χ1v) is 8.71. The number of hydrogen-bond donors (Lipinski definition) is 1. The predicted molar refractivity (Wildman–Crippen MR) is 99.7 cm³/mol. The molecule has 2 amide bonds. The molecule has 25 heavy (non-hydrogen) atoms. The molecule has 0 unspecified atom stereocenters.